The molecule has 0 bridgehead atoms. The first-order chi connectivity index (χ1) is 16.2. The highest BCUT2D eigenvalue weighted by molar-refractivity contribution is 6.01. The SMILES string of the molecule is COc1ccc(Cn2c(O)c(C=NC3CCCc4ccccc43)c3ccccc3c2=O)cc1. The molecule has 33 heavy (non-hydrogen) atoms. The van der Waals surface area contributed by atoms with Crippen molar-refractivity contribution in [3.8, 4) is 11.6 Å². The van der Waals surface area contributed by atoms with Gasteiger partial charge in [0.25, 0.3) is 5.56 Å². The van der Waals surface area contributed by atoms with Gasteiger partial charge < -0.3 is 9.84 Å². The van der Waals surface area contributed by atoms with Crippen LogP contribution >= 0.6 is 0 Å². The number of aromatic hydroxyl groups is 1. The van der Waals surface area contributed by atoms with Crippen molar-refractivity contribution in [3.05, 3.63) is 105 Å². The highest BCUT2D eigenvalue weighted by Gasteiger charge is 2.20. The summed E-state index contributed by atoms with van der Waals surface area (Å²) >= 11 is 0. The summed E-state index contributed by atoms with van der Waals surface area (Å²) in [7, 11) is 1.62. The summed E-state index contributed by atoms with van der Waals surface area (Å²) in [6.07, 6.45) is 4.87. The number of rotatable bonds is 5. The number of benzene rings is 3. The molecule has 5 rings (SSSR count). The zero-order valence-corrected chi connectivity index (χ0v) is 18.6. The number of methoxy groups -OCH3 is 1. The lowest BCUT2D eigenvalue weighted by molar-refractivity contribution is 0.412. The largest absolute Gasteiger partial charge is 0.497 e. The summed E-state index contributed by atoms with van der Waals surface area (Å²) < 4.78 is 6.64. The first kappa shape index (κ1) is 21.0. The van der Waals surface area contributed by atoms with Crippen LogP contribution < -0.4 is 10.3 Å². The number of nitrogens with zero attached hydrogens (tertiary/aromatic N) is 2. The molecule has 1 aliphatic carbocycles. The van der Waals surface area contributed by atoms with Gasteiger partial charge in [-0.25, -0.2) is 0 Å². The number of aromatic nitrogens is 1. The van der Waals surface area contributed by atoms with Crippen LogP contribution in [-0.4, -0.2) is 23.0 Å². The van der Waals surface area contributed by atoms with E-state index in [9.17, 15) is 9.90 Å². The molecule has 0 saturated carbocycles. The van der Waals surface area contributed by atoms with E-state index >= 15 is 0 Å². The zero-order chi connectivity index (χ0) is 22.8. The van der Waals surface area contributed by atoms with Crippen LogP contribution in [0, 0.1) is 0 Å². The van der Waals surface area contributed by atoms with E-state index in [1.165, 1.54) is 15.7 Å². The van der Waals surface area contributed by atoms with Gasteiger partial charge in [0, 0.05) is 17.0 Å². The van der Waals surface area contributed by atoms with Crippen molar-refractivity contribution in [3.63, 3.8) is 0 Å². The quantitative estimate of drug-likeness (QED) is 0.432. The molecule has 0 amide bonds. The predicted molar refractivity (Wildman–Crippen MR) is 132 cm³/mol. The van der Waals surface area contributed by atoms with E-state index < -0.39 is 0 Å². The Bertz CT molecular complexity index is 1390. The first-order valence-corrected chi connectivity index (χ1v) is 11.2. The lowest BCUT2D eigenvalue weighted by atomic mass is 9.88. The molecule has 1 unspecified atom stereocenters. The van der Waals surface area contributed by atoms with E-state index in [1.54, 1.807) is 19.4 Å². The van der Waals surface area contributed by atoms with Gasteiger partial charge in [0.05, 0.1) is 25.3 Å². The van der Waals surface area contributed by atoms with Crippen molar-refractivity contribution in [2.24, 2.45) is 4.99 Å². The van der Waals surface area contributed by atoms with Gasteiger partial charge in [-0.15, -0.1) is 0 Å². The molecule has 1 heterocycles. The van der Waals surface area contributed by atoms with E-state index in [0.29, 0.717) is 16.3 Å². The maximum absolute atomic E-state index is 13.2. The van der Waals surface area contributed by atoms with Crippen LogP contribution in [0.1, 0.15) is 41.1 Å². The molecule has 0 spiro atoms. The Labute approximate surface area is 192 Å². The Kier molecular flexibility index (Phi) is 5.69. The van der Waals surface area contributed by atoms with Crippen LogP contribution in [0.2, 0.25) is 0 Å². The fourth-order valence-corrected chi connectivity index (χ4v) is 4.65. The van der Waals surface area contributed by atoms with Crippen molar-refractivity contribution in [2.45, 2.75) is 31.8 Å². The number of hydrogen-bond acceptors (Lipinski definition) is 4. The average Bonchev–Trinajstić information content (AvgIpc) is 2.87. The summed E-state index contributed by atoms with van der Waals surface area (Å²) in [6.45, 7) is 0.257. The molecule has 1 aliphatic rings. The molecule has 1 N–H and O–H groups in total. The highest BCUT2D eigenvalue weighted by atomic mass is 16.5. The van der Waals surface area contributed by atoms with Gasteiger partial charge >= 0.3 is 0 Å². The minimum atomic E-state index is -0.223. The Morgan fingerprint density at radius 2 is 1.76 bits per heavy atom. The van der Waals surface area contributed by atoms with Gasteiger partial charge in [-0.2, -0.15) is 0 Å². The van der Waals surface area contributed by atoms with Crippen molar-refractivity contribution in [2.75, 3.05) is 7.11 Å². The average molecular weight is 439 g/mol. The minimum Gasteiger partial charge on any atom is -0.497 e. The zero-order valence-electron chi connectivity index (χ0n) is 18.6. The molecule has 5 heteroatoms. The van der Waals surface area contributed by atoms with E-state index in [4.69, 9.17) is 9.73 Å². The summed E-state index contributed by atoms with van der Waals surface area (Å²) in [6, 6.07) is 23.3. The number of ether oxygens (including phenoxy) is 1. The molecule has 0 radical (unpaired) electrons. The van der Waals surface area contributed by atoms with Gasteiger partial charge in [0.2, 0.25) is 5.88 Å². The summed E-state index contributed by atoms with van der Waals surface area (Å²) in [5, 5.41) is 12.5. The number of aryl methyl sites for hydroxylation is 1. The molecular formula is C28H26N2O3. The van der Waals surface area contributed by atoms with Crippen LogP contribution in [0.25, 0.3) is 10.8 Å². The van der Waals surface area contributed by atoms with Crippen LogP contribution in [-0.2, 0) is 13.0 Å². The fraction of sp³-hybridized carbons (Fsp3) is 0.214. The molecule has 4 aromatic rings. The van der Waals surface area contributed by atoms with Crippen molar-refractivity contribution in [1.29, 1.82) is 0 Å². The van der Waals surface area contributed by atoms with E-state index in [0.717, 1.165) is 30.6 Å². The topological polar surface area (TPSA) is 63.8 Å². The fourth-order valence-electron chi connectivity index (χ4n) is 4.65. The Balaban J connectivity index is 1.58. The van der Waals surface area contributed by atoms with Crippen molar-refractivity contribution >= 4 is 17.0 Å². The number of hydrogen-bond donors (Lipinski definition) is 1. The number of fused-ring (bicyclic) bond motifs is 2. The second-order valence-electron chi connectivity index (χ2n) is 8.41. The van der Waals surface area contributed by atoms with Gasteiger partial charge in [-0.05, 0) is 54.2 Å². The van der Waals surface area contributed by atoms with Gasteiger partial charge in [0.15, 0.2) is 0 Å². The molecule has 166 valence electrons. The molecule has 0 fully saturated rings. The third-order valence-electron chi connectivity index (χ3n) is 6.41. The lowest BCUT2D eigenvalue weighted by Crippen LogP contribution is -2.22. The summed E-state index contributed by atoms with van der Waals surface area (Å²) in [5.41, 5.74) is 3.83. The van der Waals surface area contributed by atoms with Crippen molar-refractivity contribution < 1.29 is 9.84 Å². The normalized spacial score (nSPS) is 15.6. The molecule has 5 nitrogen and oxygen atoms in total. The third-order valence-corrected chi connectivity index (χ3v) is 6.41. The van der Waals surface area contributed by atoms with E-state index in [-0.39, 0.29) is 24.0 Å². The van der Waals surface area contributed by atoms with Gasteiger partial charge in [-0.3, -0.25) is 14.4 Å². The Hall–Kier alpha value is -3.86. The van der Waals surface area contributed by atoms with Gasteiger partial charge in [-0.1, -0.05) is 54.6 Å². The van der Waals surface area contributed by atoms with Crippen LogP contribution in [0.15, 0.2) is 82.6 Å². The van der Waals surface area contributed by atoms with Crippen molar-refractivity contribution in [1.82, 2.24) is 4.57 Å². The maximum atomic E-state index is 13.2. The molecule has 3 aromatic carbocycles. The van der Waals surface area contributed by atoms with Gasteiger partial charge in [0.1, 0.15) is 5.75 Å². The molecule has 0 aliphatic heterocycles. The Morgan fingerprint density at radius 1 is 1.03 bits per heavy atom. The molecular weight excluding hydrogens is 412 g/mol. The van der Waals surface area contributed by atoms with Crippen LogP contribution in [0.4, 0.5) is 0 Å². The standard InChI is InChI=1S/C28H26N2O3/c1-33-21-15-13-19(14-16-21)18-30-27(31)24-11-5-4-10-23(24)25(28(30)32)17-29-26-12-6-8-20-7-2-3-9-22(20)26/h2-5,7,9-11,13-17,26,32H,6,8,12,18H2,1H3. The lowest BCUT2D eigenvalue weighted by Gasteiger charge is -2.22. The first-order valence-electron chi connectivity index (χ1n) is 11.2. The van der Waals surface area contributed by atoms with Crippen LogP contribution in [0.5, 0.6) is 11.6 Å². The predicted octanol–water partition coefficient (Wildman–Crippen LogP) is 5.26. The summed E-state index contributed by atoms with van der Waals surface area (Å²) in [5.74, 6) is 0.678. The molecule has 1 aromatic heterocycles. The second kappa shape index (κ2) is 8.94. The molecule has 1 atom stereocenters. The summed E-state index contributed by atoms with van der Waals surface area (Å²) in [4.78, 5) is 18.1. The Morgan fingerprint density at radius 3 is 2.55 bits per heavy atom. The van der Waals surface area contributed by atoms with E-state index in [1.807, 2.05) is 42.5 Å². The number of pyridine rings is 1. The molecule has 0 saturated heterocycles. The number of aliphatic imine (C=N–C) groups is 1. The van der Waals surface area contributed by atoms with E-state index in [2.05, 4.69) is 24.3 Å². The highest BCUT2D eigenvalue weighted by Crippen LogP contribution is 2.33. The second-order valence-corrected chi connectivity index (χ2v) is 8.41. The monoisotopic (exact) mass is 438 g/mol. The van der Waals surface area contributed by atoms with Crippen LogP contribution in [0.3, 0.4) is 0 Å². The third kappa shape index (κ3) is 4.02. The maximum Gasteiger partial charge on any atom is 0.261 e. The minimum absolute atomic E-state index is 0.0510. The smallest absolute Gasteiger partial charge is 0.261 e.